The van der Waals surface area contributed by atoms with Gasteiger partial charge in [-0.25, -0.2) is 0 Å². The highest BCUT2D eigenvalue weighted by Gasteiger charge is 2.16. The maximum atomic E-state index is 12.5. The maximum Gasteiger partial charge on any atom is 0.303 e. The Labute approximate surface area is 187 Å². The molecular formula is C22H33NO7S. The number of carboxylic acid groups (broad SMARTS) is 2. The van der Waals surface area contributed by atoms with Crippen molar-refractivity contribution < 1.29 is 34.1 Å². The fraction of sp³-hybridized carbons (Fsp3) is 0.591. The summed E-state index contributed by atoms with van der Waals surface area (Å²) in [5.41, 5.74) is 0.572. The highest BCUT2D eigenvalue weighted by atomic mass is 32.2. The smallest absolute Gasteiger partial charge is 0.303 e. The third-order valence-corrected chi connectivity index (χ3v) is 5.72. The zero-order valence-corrected chi connectivity index (χ0v) is 19.1. The van der Waals surface area contributed by atoms with Crippen molar-refractivity contribution in [1.29, 1.82) is 0 Å². The fourth-order valence-electron chi connectivity index (χ4n) is 2.96. The number of nitrogens with one attached hydrogen (secondary N) is 1. The molecule has 0 aliphatic carbocycles. The molecule has 1 aromatic rings. The van der Waals surface area contributed by atoms with Crippen LogP contribution in [0.2, 0.25) is 0 Å². The normalized spacial score (nSPS) is 10.5. The molecule has 31 heavy (non-hydrogen) atoms. The van der Waals surface area contributed by atoms with Gasteiger partial charge in [0.15, 0.2) is 0 Å². The van der Waals surface area contributed by atoms with Crippen molar-refractivity contribution in [2.24, 2.45) is 0 Å². The first-order valence-corrected chi connectivity index (χ1v) is 11.5. The van der Waals surface area contributed by atoms with Gasteiger partial charge in [-0.3, -0.25) is 14.4 Å². The molecule has 0 saturated carbocycles. The molecule has 0 saturated heterocycles. The third-order valence-electron chi connectivity index (χ3n) is 4.60. The van der Waals surface area contributed by atoms with E-state index in [2.05, 4.69) is 5.32 Å². The lowest BCUT2D eigenvalue weighted by Crippen LogP contribution is -2.13. The van der Waals surface area contributed by atoms with E-state index in [9.17, 15) is 14.4 Å². The lowest BCUT2D eigenvalue weighted by atomic mass is 10.1. The fourth-order valence-corrected chi connectivity index (χ4v) is 3.96. The molecule has 0 aromatic heterocycles. The molecule has 0 heterocycles. The number of carbonyl (C=O) groups is 3. The van der Waals surface area contributed by atoms with Crippen LogP contribution in [0.15, 0.2) is 17.0 Å². The second kappa shape index (κ2) is 15.4. The largest absolute Gasteiger partial charge is 0.497 e. The Balaban J connectivity index is 2.56. The average Bonchev–Trinajstić information content (AvgIpc) is 2.73. The van der Waals surface area contributed by atoms with Crippen molar-refractivity contribution in [3.05, 3.63) is 12.1 Å². The first-order chi connectivity index (χ1) is 14.9. The topological polar surface area (TPSA) is 122 Å². The number of rotatable bonds is 17. The number of anilines is 1. The molecule has 1 aromatic carbocycles. The molecule has 1 rings (SSSR count). The minimum absolute atomic E-state index is 0.0894. The molecule has 0 radical (unpaired) electrons. The van der Waals surface area contributed by atoms with E-state index in [1.165, 1.54) is 18.9 Å². The van der Waals surface area contributed by atoms with Crippen LogP contribution in [0, 0.1) is 0 Å². The molecule has 0 atom stereocenters. The van der Waals surface area contributed by atoms with Gasteiger partial charge in [0, 0.05) is 30.2 Å². The summed E-state index contributed by atoms with van der Waals surface area (Å²) in [6.07, 6.45) is 6.40. The Bertz CT molecular complexity index is 724. The van der Waals surface area contributed by atoms with Crippen LogP contribution in [0.3, 0.4) is 0 Å². The Kier molecular flexibility index (Phi) is 13.2. The second-order valence-electron chi connectivity index (χ2n) is 7.11. The monoisotopic (exact) mass is 455 g/mol. The summed E-state index contributed by atoms with van der Waals surface area (Å²) in [5.74, 6) is -0.0238. The molecule has 0 aliphatic heterocycles. The number of aliphatic carboxylic acids is 2. The van der Waals surface area contributed by atoms with Gasteiger partial charge in [0.2, 0.25) is 5.91 Å². The van der Waals surface area contributed by atoms with E-state index >= 15 is 0 Å². The Morgan fingerprint density at radius 2 is 1.42 bits per heavy atom. The van der Waals surface area contributed by atoms with Crippen molar-refractivity contribution >= 4 is 35.3 Å². The van der Waals surface area contributed by atoms with Crippen LogP contribution < -0.4 is 14.8 Å². The minimum atomic E-state index is -0.834. The van der Waals surface area contributed by atoms with Crippen molar-refractivity contribution in [2.45, 2.75) is 69.1 Å². The van der Waals surface area contributed by atoms with Gasteiger partial charge in [0.1, 0.15) is 11.5 Å². The molecule has 1 amide bonds. The second-order valence-corrected chi connectivity index (χ2v) is 8.25. The summed E-state index contributed by atoms with van der Waals surface area (Å²) in [4.78, 5) is 34.4. The number of ether oxygens (including phenoxy) is 2. The summed E-state index contributed by atoms with van der Waals surface area (Å²) >= 11 is 1.45. The van der Waals surface area contributed by atoms with Crippen molar-refractivity contribution in [1.82, 2.24) is 0 Å². The third kappa shape index (κ3) is 11.5. The van der Waals surface area contributed by atoms with Crippen LogP contribution in [-0.2, 0) is 14.4 Å². The first-order valence-electron chi connectivity index (χ1n) is 10.5. The molecule has 0 unspecified atom stereocenters. The lowest BCUT2D eigenvalue weighted by molar-refractivity contribution is -0.138. The predicted octanol–water partition coefficient (Wildman–Crippen LogP) is 4.80. The van der Waals surface area contributed by atoms with E-state index in [1.807, 2.05) is 0 Å². The average molecular weight is 456 g/mol. The number of hydrogen-bond donors (Lipinski definition) is 3. The highest BCUT2D eigenvalue weighted by molar-refractivity contribution is 7.99. The molecule has 8 nitrogen and oxygen atoms in total. The number of thioether (sulfide) groups is 1. The number of carboxylic acids is 2. The van der Waals surface area contributed by atoms with Gasteiger partial charge < -0.3 is 25.0 Å². The van der Waals surface area contributed by atoms with E-state index in [0.29, 0.717) is 42.2 Å². The van der Waals surface area contributed by atoms with Crippen LogP contribution in [-0.4, -0.2) is 48.0 Å². The molecule has 0 fully saturated rings. The van der Waals surface area contributed by atoms with Gasteiger partial charge in [-0.05, 0) is 31.1 Å². The number of benzene rings is 1. The summed E-state index contributed by atoms with van der Waals surface area (Å²) < 4.78 is 10.7. The Hall–Kier alpha value is -2.42. The van der Waals surface area contributed by atoms with E-state index in [4.69, 9.17) is 19.7 Å². The van der Waals surface area contributed by atoms with Crippen molar-refractivity contribution in [2.75, 3.05) is 25.3 Å². The van der Waals surface area contributed by atoms with Crippen LogP contribution >= 0.6 is 11.8 Å². The number of unbranched alkanes of at least 4 members (excludes halogenated alkanes) is 5. The Morgan fingerprint density at radius 3 is 2.00 bits per heavy atom. The minimum Gasteiger partial charge on any atom is -0.497 e. The van der Waals surface area contributed by atoms with E-state index in [0.717, 1.165) is 37.0 Å². The zero-order chi connectivity index (χ0) is 23.1. The van der Waals surface area contributed by atoms with Gasteiger partial charge in [0.25, 0.3) is 0 Å². The van der Waals surface area contributed by atoms with Crippen LogP contribution in [0.1, 0.15) is 64.2 Å². The predicted molar refractivity (Wildman–Crippen MR) is 120 cm³/mol. The van der Waals surface area contributed by atoms with E-state index in [-0.39, 0.29) is 18.7 Å². The number of hydrogen-bond acceptors (Lipinski definition) is 6. The standard InChI is InChI=1S/C22H33NO7S/c1-29-16-14-17(30-2)22(18(15-16)31-13-9-12-21(27)28)23-19(24)10-7-5-3-4-6-8-11-20(25)26/h14-15H,3-13H2,1-2H3,(H,23,24)(H,25,26)(H,27,28). The molecule has 174 valence electrons. The summed E-state index contributed by atoms with van der Waals surface area (Å²) in [6.45, 7) is 0. The number of amides is 1. The lowest BCUT2D eigenvalue weighted by Gasteiger charge is -2.16. The van der Waals surface area contributed by atoms with Crippen molar-refractivity contribution in [3.8, 4) is 11.5 Å². The number of carbonyl (C=O) groups excluding carboxylic acids is 1. The summed E-state index contributed by atoms with van der Waals surface area (Å²) in [5, 5.41) is 20.4. The van der Waals surface area contributed by atoms with Gasteiger partial charge in [0.05, 0.1) is 19.9 Å². The van der Waals surface area contributed by atoms with Crippen molar-refractivity contribution in [3.63, 3.8) is 0 Å². The molecule has 0 bridgehead atoms. The van der Waals surface area contributed by atoms with Crippen LogP contribution in [0.25, 0.3) is 0 Å². The SMILES string of the molecule is COc1cc(OC)c(NC(=O)CCCCCCCCC(=O)O)c(SCCCC(=O)O)c1. The first kappa shape index (κ1) is 26.6. The van der Waals surface area contributed by atoms with Crippen LogP contribution in [0.5, 0.6) is 11.5 Å². The Morgan fingerprint density at radius 1 is 0.839 bits per heavy atom. The maximum absolute atomic E-state index is 12.5. The van der Waals surface area contributed by atoms with Gasteiger partial charge in [-0.15, -0.1) is 11.8 Å². The molecule has 0 aliphatic rings. The van der Waals surface area contributed by atoms with E-state index in [1.54, 1.807) is 19.2 Å². The summed E-state index contributed by atoms with van der Waals surface area (Å²) in [6, 6.07) is 3.51. The van der Waals surface area contributed by atoms with Gasteiger partial charge >= 0.3 is 11.9 Å². The molecule has 9 heteroatoms. The molecular weight excluding hydrogens is 422 g/mol. The quantitative estimate of drug-likeness (QED) is 0.226. The summed E-state index contributed by atoms with van der Waals surface area (Å²) in [7, 11) is 3.07. The van der Waals surface area contributed by atoms with Gasteiger partial charge in [-0.1, -0.05) is 25.7 Å². The molecule has 3 N–H and O–H groups in total. The number of methoxy groups -OCH3 is 2. The van der Waals surface area contributed by atoms with Gasteiger partial charge in [-0.2, -0.15) is 0 Å². The zero-order valence-electron chi connectivity index (χ0n) is 18.3. The van der Waals surface area contributed by atoms with Crippen LogP contribution in [0.4, 0.5) is 5.69 Å². The molecule has 0 spiro atoms. The highest BCUT2D eigenvalue weighted by Crippen LogP contribution is 2.39. The van der Waals surface area contributed by atoms with E-state index < -0.39 is 11.9 Å².